The maximum atomic E-state index is 11.7. The van der Waals surface area contributed by atoms with Crippen molar-refractivity contribution in [3.63, 3.8) is 0 Å². The summed E-state index contributed by atoms with van der Waals surface area (Å²) in [6.45, 7) is -0.713. The average Bonchev–Trinajstić information content (AvgIpc) is 2.01. The van der Waals surface area contributed by atoms with E-state index in [-0.39, 0.29) is 4.90 Å². The predicted octanol–water partition coefficient (Wildman–Crippen LogP) is 0.180. The van der Waals surface area contributed by atoms with Crippen molar-refractivity contribution < 1.29 is 27.5 Å². The van der Waals surface area contributed by atoms with Gasteiger partial charge in [0.05, 0.1) is 7.11 Å². The van der Waals surface area contributed by atoms with E-state index >= 15 is 0 Å². The molecule has 0 aromatic heterocycles. The number of nitrogens with zero attached hydrogens (tertiary/aromatic N) is 1. The van der Waals surface area contributed by atoms with Gasteiger partial charge in [-0.05, 0) is 0 Å². The van der Waals surface area contributed by atoms with Crippen LogP contribution in [-0.2, 0) is 14.3 Å². The molecular weight excluding hydrogens is 191 g/mol. The monoisotopic (exact) mass is 199 g/mol. The lowest BCUT2D eigenvalue weighted by Gasteiger charge is -2.16. The molecule has 1 amide bonds. The molecule has 0 unspecified atom stereocenters. The molecule has 0 radical (unpaired) electrons. The number of halogens is 3. The minimum atomic E-state index is -4.96. The summed E-state index contributed by atoms with van der Waals surface area (Å²) in [6, 6.07) is 0. The van der Waals surface area contributed by atoms with Crippen molar-refractivity contribution in [2.24, 2.45) is 0 Å². The zero-order valence-corrected chi connectivity index (χ0v) is 7.01. The molecule has 0 aliphatic rings. The van der Waals surface area contributed by atoms with E-state index in [4.69, 9.17) is 0 Å². The van der Waals surface area contributed by atoms with Crippen molar-refractivity contribution in [2.45, 2.75) is 6.18 Å². The first-order valence-corrected chi connectivity index (χ1v) is 3.18. The number of esters is 1. The smallest absolute Gasteiger partial charge is 0.468 e. The summed E-state index contributed by atoms with van der Waals surface area (Å²) in [5.41, 5.74) is 0. The number of methoxy groups -OCH3 is 1. The number of rotatable bonds is 2. The highest BCUT2D eigenvalue weighted by Crippen LogP contribution is 2.17. The van der Waals surface area contributed by atoms with Gasteiger partial charge < -0.3 is 9.64 Å². The van der Waals surface area contributed by atoms with Crippen LogP contribution < -0.4 is 0 Å². The Labute approximate surface area is 72.3 Å². The van der Waals surface area contributed by atoms with Crippen LogP contribution in [0.15, 0.2) is 0 Å². The maximum absolute atomic E-state index is 11.7. The number of hydrogen-bond donors (Lipinski definition) is 0. The molecule has 76 valence electrons. The molecule has 0 aliphatic heterocycles. The van der Waals surface area contributed by atoms with Crippen LogP contribution in [0.3, 0.4) is 0 Å². The Balaban J connectivity index is 4.20. The largest absolute Gasteiger partial charge is 0.471 e. The fraction of sp³-hybridized carbons (Fsp3) is 0.667. The number of carbonyl (C=O) groups excluding carboxylic acids is 2. The summed E-state index contributed by atoms with van der Waals surface area (Å²) in [7, 11) is 1.89. The predicted molar refractivity (Wildman–Crippen MR) is 35.7 cm³/mol. The second-order valence-corrected chi connectivity index (χ2v) is 2.24. The molecule has 13 heavy (non-hydrogen) atoms. The zero-order chi connectivity index (χ0) is 10.6. The Hall–Kier alpha value is -1.27. The van der Waals surface area contributed by atoms with E-state index in [1.807, 2.05) is 0 Å². The van der Waals surface area contributed by atoms with Gasteiger partial charge in [0.15, 0.2) is 0 Å². The van der Waals surface area contributed by atoms with E-state index < -0.39 is 24.6 Å². The van der Waals surface area contributed by atoms with Crippen LogP contribution in [0.1, 0.15) is 0 Å². The summed E-state index contributed by atoms with van der Waals surface area (Å²) in [6.07, 6.45) is -4.96. The number of ether oxygens (including phenoxy) is 1. The molecule has 0 saturated heterocycles. The van der Waals surface area contributed by atoms with Crippen LogP contribution in [0.5, 0.6) is 0 Å². The standard InChI is InChI=1S/C6H8F3NO3/c1-10(3-4(11)13-2)5(12)6(7,8)9/h3H2,1-2H3. The average molecular weight is 199 g/mol. The second kappa shape index (κ2) is 4.11. The van der Waals surface area contributed by atoms with Gasteiger partial charge in [-0.3, -0.25) is 9.59 Å². The quantitative estimate of drug-likeness (QED) is 0.596. The molecule has 0 aromatic carbocycles. The van der Waals surface area contributed by atoms with Crippen molar-refractivity contribution in [1.29, 1.82) is 0 Å². The maximum Gasteiger partial charge on any atom is 0.471 e. The Morgan fingerprint density at radius 3 is 2.15 bits per heavy atom. The highest BCUT2D eigenvalue weighted by Gasteiger charge is 2.41. The molecule has 0 aliphatic carbocycles. The van der Waals surface area contributed by atoms with Gasteiger partial charge in [0.1, 0.15) is 6.54 Å². The van der Waals surface area contributed by atoms with Crippen LogP contribution in [0.25, 0.3) is 0 Å². The van der Waals surface area contributed by atoms with Gasteiger partial charge >= 0.3 is 18.1 Å². The normalized spacial score (nSPS) is 10.8. The third-order valence-corrected chi connectivity index (χ3v) is 1.18. The van der Waals surface area contributed by atoms with Crippen LogP contribution >= 0.6 is 0 Å². The lowest BCUT2D eigenvalue weighted by molar-refractivity contribution is -0.185. The molecule has 7 heteroatoms. The van der Waals surface area contributed by atoms with Gasteiger partial charge in [-0.25, -0.2) is 0 Å². The summed E-state index contributed by atoms with van der Waals surface area (Å²) >= 11 is 0. The summed E-state index contributed by atoms with van der Waals surface area (Å²) < 4.78 is 39.2. The molecule has 0 saturated carbocycles. The molecule has 0 fully saturated rings. The number of likely N-dealkylation sites (N-methyl/N-ethyl adjacent to an activating group) is 1. The van der Waals surface area contributed by atoms with E-state index in [0.717, 1.165) is 14.2 Å². The third kappa shape index (κ3) is 3.77. The molecule has 0 atom stereocenters. The molecular formula is C6H8F3NO3. The fourth-order valence-corrected chi connectivity index (χ4v) is 0.546. The van der Waals surface area contributed by atoms with E-state index in [1.165, 1.54) is 0 Å². The highest BCUT2D eigenvalue weighted by atomic mass is 19.4. The van der Waals surface area contributed by atoms with Crippen molar-refractivity contribution in [1.82, 2.24) is 4.90 Å². The first-order valence-electron chi connectivity index (χ1n) is 3.18. The number of amides is 1. The SMILES string of the molecule is COC(=O)CN(C)C(=O)C(F)(F)F. The lowest BCUT2D eigenvalue weighted by Crippen LogP contribution is -2.41. The Morgan fingerprint density at radius 2 is 1.85 bits per heavy atom. The first-order chi connectivity index (χ1) is 5.79. The van der Waals surface area contributed by atoms with Crippen LogP contribution in [0.2, 0.25) is 0 Å². The molecule has 0 spiro atoms. The molecule has 0 heterocycles. The Morgan fingerprint density at radius 1 is 1.38 bits per heavy atom. The minimum absolute atomic E-state index is 0.242. The molecule has 0 N–H and O–H groups in total. The van der Waals surface area contributed by atoms with Crippen LogP contribution in [-0.4, -0.2) is 43.7 Å². The minimum Gasteiger partial charge on any atom is -0.468 e. The molecule has 4 nitrogen and oxygen atoms in total. The Bertz CT molecular complexity index is 214. The van der Waals surface area contributed by atoms with Gasteiger partial charge in [-0.2, -0.15) is 13.2 Å². The third-order valence-electron chi connectivity index (χ3n) is 1.18. The molecule has 0 bridgehead atoms. The van der Waals surface area contributed by atoms with Crippen molar-refractivity contribution in [2.75, 3.05) is 20.7 Å². The lowest BCUT2D eigenvalue weighted by atomic mass is 10.5. The van der Waals surface area contributed by atoms with Crippen molar-refractivity contribution in [3.05, 3.63) is 0 Å². The van der Waals surface area contributed by atoms with Gasteiger partial charge in [-0.1, -0.05) is 0 Å². The van der Waals surface area contributed by atoms with Gasteiger partial charge in [0, 0.05) is 7.05 Å². The fourth-order valence-electron chi connectivity index (χ4n) is 0.546. The number of hydrogen-bond acceptors (Lipinski definition) is 3. The summed E-state index contributed by atoms with van der Waals surface area (Å²) in [4.78, 5) is 21.1. The van der Waals surface area contributed by atoms with Crippen molar-refractivity contribution >= 4 is 11.9 Å². The van der Waals surface area contributed by atoms with Gasteiger partial charge in [-0.15, -0.1) is 0 Å². The topological polar surface area (TPSA) is 46.6 Å². The number of carbonyl (C=O) groups is 2. The van der Waals surface area contributed by atoms with E-state index in [0.29, 0.717) is 0 Å². The molecule has 0 aromatic rings. The zero-order valence-electron chi connectivity index (χ0n) is 7.01. The van der Waals surface area contributed by atoms with E-state index in [1.54, 1.807) is 0 Å². The Kier molecular flexibility index (Phi) is 3.70. The van der Waals surface area contributed by atoms with Gasteiger partial charge in [0.2, 0.25) is 0 Å². The van der Waals surface area contributed by atoms with Gasteiger partial charge in [0.25, 0.3) is 0 Å². The van der Waals surface area contributed by atoms with Crippen LogP contribution in [0.4, 0.5) is 13.2 Å². The summed E-state index contributed by atoms with van der Waals surface area (Å²) in [5, 5.41) is 0. The second-order valence-electron chi connectivity index (χ2n) is 2.24. The summed E-state index contributed by atoms with van der Waals surface area (Å²) in [5.74, 6) is -2.97. The highest BCUT2D eigenvalue weighted by molar-refractivity contribution is 5.85. The number of alkyl halides is 3. The first kappa shape index (κ1) is 11.7. The van der Waals surface area contributed by atoms with E-state index in [2.05, 4.69) is 4.74 Å². The van der Waals surface area contributed by atoms with Crippen LogP contribution in [0, 0.1) is 0 Å². The van der Waals surface area contributed by atoms with E-state index in [9.17, 15) is 22.8 Å². The van der Waals surface area contributed by atoms with Crippen molar-refractivity contribution in [3.8, 4) is 0 Å². The molecule has 0 rings (SSSR count).